The Morgan fingerprint density at radius 3 is 3.05 bits per heavy atom. The number of amides is 1. The Morgan fingerprint density at radius 1 is 1.30 bits per heavy atom. The van der Waals surface area contributed by atoms with E-state index in [2.05, 4.69) is 17.4 Å². The molecule has 0 bridgehead atoms. The van der Waals surface area contributed by atoms with Crippen molar-refractivity contribution in [1.29, 1.82) is 0 Å². The maximum atomic E-state index is 11.7. The molecule has 20 heavy (non-hydrogen) atoms. The highest BCUT2D eigenvalue weighted by Crippen LogP contribution is 2.25. The minimum Gasteiger partial charge on any atom is -0.492 e. The summed E-state index contributed by atoms with van der Waals surface area (Å²) in [6, 6.07) is 6.30. The summed E-state index contributed by atoms with van der Waals surface area (Å²) < 4.78 is 11.0. The number of ether oxygens (including phenoxy) is 2. The molecule has 1 fully saturated rings. The van der Waals surface area contributed by atoms with Crippen LogP contribution in [0.3, 0.4) is 0 Å². The largest absolute Gasteiger partial charge is 0.492 e. The van der Waals surface area contributed by atoms with Gasteiger partial charge in [-0.25, -0.2) is 0 Å². The Kier molecular flexibility index (Phi) is 4.21. The lowest BCUT2D eigenvalue weighted by atomic mass is 10.1. The third-order valence-electron chi connectivity index (χ3n) is 3.96. The van der Waals surface area contributed by atoms with Crippen molar-refractivity contribution in [2.24, 2.45) is 0 Å². The van der Waals surface area contributed by atoms with Crippen molar-refractivity contribution in [3.8, 4) is 5.75 Å². The summed E-state index contributed by atoms with van der Waals surface area (Å²) in [5, 5.41) is 2.86. The van der Waals surface area contributed by atoms with Crippen LogP contribution in [-0.4, -0.2) is 31.8 Å². The van der Waals surface area contributed by atoms with Crippen LogP contribution in [0.15, 0.2) is 18.2 Å². The molecule has 0 saturated carbocycles. The number of carbonyl (C=O) groups is 1. The van der Waals surface area contributed by atoms with Crippen LogP contribution >= 0.6 is 0 Å². The average molecular weight is 275 g/mol. The smallest absolute Gasteiger partial charge is 0.249 e. The van der Waals surface area contributed by atoms with E-state index in [1.807, 2.05) is 6.07 Å². The van der Waals surface area contributed by atoms with E-state index in [0.717, 1.165) is 25.0 Å². The van der Waals surface area contributed by atoms with Crippen LogP contribution in [0.1, 0.15) is 30.4 Å². The van der Waals surface area contributed by atoms with Crippen LogP contribution in [0.2, 0.25) is 0 Å². The van der Waals surface area contributed by atoms with Crippen LogP contribution in [0.4, 0.5) is 0 Å². The Balaban J connectivity index is 1.40. The molecule has 1 atom stereocenters. The van der Waals surface area contributed by atoms with Crippen molar-refractivity contribution >= 4 is 5.91 Å². The van der Waals surface area contributed by atoms with E-state index in [-0.39, 0.29) is 12.0 Å². The molecule has 1 heterocycles. The molecule has 108 valence electrons. The average Bonchev–Trinajstić information content (AvgIpc) is 3.13. The second-order valence-corrected chi connectivity index (χ2v) is 5.43. The zero-order valence-electron chi connectivity index (χ0n) is 11.7. The van der Waals surface area contributed by atoms with E-state index < -0.39 is 0 Å². The zero-order chi connectivity index (χ0) is 13.8. The quantitative estimate of drug-likeness (QED) is 0.834. The van der Waals surface area contributed by atoms with E-state index in [1.165, 1.54) is 24.0 Å². The molecule has 1 aromatic rings. The lowest BCUT2D eigenvalue weighted by Crippen LogP contribution is -2.36. The second-order valence-electron chi connectivity index (χ2n) is 5.43. The highest BCUT2D eigenvalue weighted by Gasteiger charge is 2.22. The molecular weight excluding hydrogens is 254 g/mol. The summed E-state index contributed by atoms with van der Waals surface area (Å²) in [5.41, 5.74) is 2.86. The van der Waals surface area contributed by atoms with Crippen LogP contribution < -0.4 is 10.1 Å². The van der Waals surface area contributed by atoms with Crippen molar-refractivity contribution < 1.29 is 14.3 Å². The molecular formula is C16H21NO3. The van der Waals surface area contributed by atoms with Gasteiger partial charge in [0.15, 0.2) is 0 Å². The van der Waals surface area contributed by atoms with E-state index in [1.54, 1.807) is 0 Å². The third kappa shape index (κ3) is 3.12. The molecule has 1 aliphatic heterocycles. The predicted molar refractivity (Wildman–Crippen MR) is 75.9 cm³/mol. The number of carbonyl (C=O) groups excluding carboxylic acids is 1. The minimum atomic E-state index is -0.255. The monoisotopic (exact) mass is 275 g/mol. The molecule has 0 spiro atoms. The summed E-state index contributed by atoms with van der Waals surface area (Å²) in [7, 11) is 0. The minimum absolute atomic E-state index is 0.0138. The number of hydrogen-bond donors (Lipinski definition) is 1. The Hall–Kier alpha value is -1.55. The van der Waals surface area contributed by atoms with Crippen molar-refractivity contribution in [1.82, 2.24) is 5.32 Å². The van der Waals surface area contributed by atoms with Crippen LogP contribution in [0.5, 0.6) is 5.75 Å². The molecule has 1 aliphatic carbocycles. The van der Waals surface area contributed by atoms with Gasteiger partial charge in [-0.1, -0.05) is 6.07 Å². The SMILES string of the molecule is O=C(NCCOc1ccc2c(c1)CCC2)[C@@H]1CCCO1. The van der Waals surface area contributed by atoms with E-state index in [4.69, 9.17) is 9.47 Å². The van der Waals surface area contributed by atoms with Gasteiger partial charge in [-0.15, -0.1) is 0 Å². The molecule has 3 rings (SSSR count). The fraction of sp³-hybridized carbons (Fsp3) is 0.562. The fourth-order valence-electron chi connectivity index (χ4n) is 2.88. The lowest BCUT2D eigenvalue weighted by Gasteiger charge is -2.11. The molecule has 1 amide bonds. The van der Waals surface area contributed by atoms with Crippen LogP contribution in [0.25, 0.3) is 0 Å². The van der Waals surface area contributed by atoms with Gasteiger partial charge in [0.2, 0.25) is 5.91 Å². The molecule has 0 radical (unpaired) electrons. The van der Waals surface area contributed by atoms with Gasteiger partial charge in [-0.05, 0) is 55.4 Å². The highest BCUT2D eigenvalue weighted by atomic mass is 16.5. The van der Waals surface area contributed by atoms with Gasteiger partial charge in [0.05, 0.1) is 6.54 Å². The summed E-state index contributed by atoms with van der Waals surface area (Å²) in [4.78, 5) is 11.7. The Bertz CT molecular complexity index is 481. The topological polar surface area (TPSA) is 47.6 Å². The number of rotatable bonds is 5. The van der Waals surface area contributed by atoms with Crippen molar-refractivity contribution in [3.63, 3.8) is 0 Å². The standard InChI is InChI=1S/C16H21NO3/c18-16(15-5-2-9-20-15)17-8-10-19-14-7-6-12-3-1-4-13(12)11-14/h6-7,11,15H,1-5,8-10H2,(H,17,18)/t15-/m0/s1. The highest BCUT2D eigenvalue weighted by molar-refractivity contribution is 5.80. The van der Waals surface area contributed by atoms with Gasteiger partial charge in [-0.3, -0.25) is 4.79 Å². The summed E-state index contributed by atoms with van der Waals surface area (Å²) in [5.74, 6) is 0.886. The summed E-state index contributed by atoms with van der Waals surface area (Å²) in [6.45, 7) is 1.72. The molecule has 1 saturated heterocycles. The molecule has 1 N–H and O–H groups in total. The second kappa shape index (κ2) is 6.27. The molecule has 0 unspecified atom stereocenters. The number of benzene rings is 1. The fourth-order valence-corrected chi connectivity index (χ4v) is 2.88. The first-order chi connectivity index (χ1) is 9.83. The maximum absolute atomic E-state index is 11.7. The zero-order valence-corrected chi connectivity index (χ0v) is 11.7. The molecule has 4 nitrogen and oxygen atoms in total. The molecule has 0 aromatic heterocycles. The number of fused-ring (bicyclic) bond motifs is 1. The first kappa shape index (κ1) is 13.4. The van der Waals surface area contributed by atoms with E-state index in [9.17, 15) is 4.79 Å². The van der Waals surface area contributed by atoms with Gasteiger partial charge in [0.25, 0.3) is 0 Å². The Morgan fingerprint density at radius 2 is 2.20 bits per heavy atom. The molecule has 2 aliphatic rings. The Labute approximate surface area is 119 Å². The predicted octanol–water partition coefficient (Wildman–Crippen LogP) is 1.85. The van der Waals surface area contributed by atoms with Gasteiger partial charge in [0.1, 0.15) is 18.5 Å². The first-order valence-corrected chi connectivity index (χ1v) is 7.47. The van der Waals surface area contributed by atoms with Gasteiger partial charge in [-0.2, -0.15) is 0 Å². The number of aryl methyl sites for hydroxylation is 2. The molecule has 1 aromatic carbocycles. The summed E-state index contributed by atoms with van der Waals surface area (Å²) in [6.07, 6.45) is 5.14. The number of nitrogens with one attached hydrogen (secondary N) is 1. The normalized spacial score (nSPS) is 20.7. The lowest BCUT2D eigenvalue weighted by molar-refractivity contribution is -0.130. The van der Waals surface area contributed by atoms with E-state index >= 15 is 0 Å². The van der Waals surface area contributed by atoms with Gasteiger partial charge >= 0.3 is 0 Å². The van der Waals surface area contributed by atoms with Gasteiger partial charge in [0, 0.05) is 6.61 Å². The van der Waals surface area contributed by atoms with Crippen molar-refractivity contribution in [2.45, 2.75) is 38.2 Å². The van der Waals surface area contributed by atoms with E-state index in [0.29, 0.717) is 19.8 Å². The van der Waals surface area contributed by atoms with Gasteiger partial charge < -0.3 is 14.8 Å². The number of hydrogen-bond acceptors (Lipinski definition) is 3. The summed E-state index contributed by atoms with van der Waals surface area (Å²) >= 11 is 0. The van der Waals surface area contributed by atoms with Crippen LogP contribution in [0, 0.1) is 0 Å². The third-order valence-corrected chi connectivity index (χ3v) is 3.96. The van der Waals surface area contributed by atoms with Crippen LogP contribution in [-0.2, 0) is 22.4 Å². The van der Waals surface area contributed by atoms with Crippen molar-refractivity contribution in [2.75, 3.05) is 19.8 Å². The molecule has 4 heteroatoms. The maximum Gasteiger partial charge on any atom is 0.249 e. The first-order valence-electron chi connectivity index (χ1n) is 7.47. The van der Waals surface area contributed by atoms with Crippen molar-refractivity contribution in [3.05, 3.63) is 29.3 Å².